The second-order valence-electron chi connectivity index (χ2n) is 2.88. The molecule has 1 aromatic rings. The third kappa shape index (κ3) is 2.32. The fourth-order valence-electron chi connectivity index (χ4n) is 1.09. The molecule has 14 heavy (non-hydrogen) atoms. The van der Waals surface area contributed by atoms with Crippen LogP contribution in [-0.2, 0) is 23.1 Å². The minimum atomic E-state index is -1.06. The van der Waals surface area contributed by atoms with Crippen molar-refractivity contribution in [1.82, 2.24) is 14.9 Å². The number of amides is 1. The van der Waals surface area contributed by atoms with Crippen LogP contribution in [0.3, 0.4) is 0 Å². The Kier molecular flexibility index (Phi) is 3.22. The number of aromatic nitrogens is 2. The summed E-state index contributed by atoms with van der Waals surface area (Å²) in [6, 6.07) is -0.900. The highest BCUT2D eigenvalue weighted by Gasteiger charge is 2.17. The van der Waals surface area contributed by atoms with Crippen molar-refractivity contribution in [3.8, 4) is 0 Å². The van der Waals surface area contributed by atoms with E-state index in [1.165, 1.54) is 0 Å². The summed E-state index contributed by atoms with van der Waals surface area (Å²) in [4.78, 5) is 24.7. The molecule has 0 saturated carbocycles. The lowest BCUT2D eigenvalue weighted by atomic mass is 10.1. The van der Waals surface area contributed by atoms with Crippen molar-refractivity contribution in [3.63, 3.8) is 0 Å². The number of hydrogen-bond donors (Lipinski definition) is 2. The van der Waals surface area contributed by atoms with Crippen LogP contribution >= 0.6 is 0 Å². The van der Waals surface area contributed by atoms with E-state index in [2.05, 4.69) is 10.3 Å². The number of carboxylic acid groups (broad SMARTS) is 1. The van der Waals surface area contributed by atoms with E-state index in [-0.39, 0.29) is 6.42 Å². The van der Waals surface area contributed by atoms with Crippen LogP contribution in [0.2, 0.25) is 0 Å². The number of nitrogens with zero attached hydrogens (tertiary/aromatic N) is 2. The van der Waals surface area contributed by atoms with Gasteiger partial charge in [-0.1, -0.05) is 0 Å². The Labute approximate surface area is 80.6 Å². The zero-order valence-electron chi connectivity index (χ0n) is 7.67. The summed E-state index contributed by atoms with van der Waals surface area (Å²) < 4.78 is 1.71. The van der Waals surface area contributed by atoms with Crippen molar-refractivity contribution in [2.24, 2.45) is 7.05 Å². The zero-order chi connectivity index (χ0) is 10.6. The summed E-state index contributed by atoms with van der Waals surface area (Å²) in [5.74, 6) is -1.06. The maximum Gasteiger partial charge on any atom is 0.326 e. The van der Waals surface area contributed by atoms with Crippen LogP contribution in [0.4, 0.5) is 0 Å². The van der Waals surface area contributed by atoms with Gasteiger partial charge in [0.25, 0.3) is 0 Å². The molecule has 1 amide bonds. The van der Waals surface area contributed by atoms with Crippen molar-refractivity contribution in [2.75, 3.05) is 0 Å². The molecule has 1 rings (SSSR count). The molecule has 1 atom stereocenters. The van der Waals surface area contributed by atoms with Crippen molar-refractivity contribution < 1.29 is 14.7 Å². The molecule has 76 valence electrons. The van der Waals surface area contributed by atoms with Gasteiger partial charge in [0.1, 0.15) is 6.04 Å². The van der Waals surface area contributed by atoms with E-state index in [4.69, 9.17) is 5.11 Å². The molecule has 0 saturated heterocycles. The standard InChI is InChI=1S/C8H11N3O3/c1-11-4-9-3-6(11)2-7(8(13)14)10-5-12/h3-5,7H,2H2,1H3,(H,10,12)(H,13,14)/t7-/m0/s1. The van der Waals surface area contributed by atoms with E-state index in [1.54, 1.807) is 24.1 Å². The van der Waals surface area contributed by atoms with Gasteiger partial charge in [-0.05, 0) is 0 Å². The summed E-state index contributed by atoms with van der Waals surface area (Å²) in [6.07, 6.45) is 3.76. The molecule has 0 aliphatic rings. The Bertz CT molecular complexity index is 334. The predicted molar refractivity (Wildman–Crippen MR) is 47.5 cm³/mol. The fourth-order valence-corrected chi connectivity index (χ4v) is 1.09. The van der Waals surface area contributed by atoms with E-state index in [9.17, 15) is 9.59 Å². The van der Waals surface area contributed by atoms with Gasteiger partial charge in [-0.15, -0.1) is 0 Å². The maximum atomic E-state index is 10.7. The van der Waals surface area contributed by atoms with Crippen molar-refractivity contribution in [1.29, 1.82) is 0 Å². The highest BCUT2D eigenvalue weighted by Crippen LogP contribution is 2.01. The van der Waals surface area contributed by atoms with Crippen LogP contribution in [0.1, 0.15) is 5.69 Å². The summed E-state index contributed by atoms with van der Waals surface area (Å²) in [6.45, 7) is 0. The van der Waals surface area contributed by atoms with Gasteiger partial charge in [-0.2, -0.15) is 0 Å². The molecule has 6 nitrogen and oxygen atoms in total. The molecule has 0 radical (unpaired) electrons. The van der Waals surface area contributed by atoms with E-state index in [0.29, 0.717) is 6.41 Å². The number of aryl methyl sites for hydroxylation is 1. The van der Waals surface area contributed by atoms with Gasteiger partial charge in [0, 0.05) is 25.4 Å². The Morgan fingerprint density at radius 3 is 3.00 bits per heavy atom. The molecule has 0 aromatic carbocycles. The molecule has 2 N–H and O–H groups in total. The predicted octanol–water partition coefficient (Wildman–Crippen LogP) is -0.838. The normalized spacial score (nSPS) is 12.1. The average molecular weight is 197 g/mol. The lowest BCUT2D eigenvalue weighted by Crippen LogP contribution is -2.38. The van der Waals surface area contributed by atoms with Crippen molar-refractivity contribution in [2.45, 2.75) is 12.5 Å². The zero-order valence-corrected chi connectivity index (χ0v) is 7.67. The Morgan fingerprint density at radius 2 is 2.57 bits per heavy atom. The summed E-state index contributed by atoms with van der Waals surface area (Å²) in [7, 11) is 1.77. The van der Waals surface area contributed by atoms with Gasteiger partial charge in [-0.25, -0.2) is 9.78 Å². The van der Waals surface area contributed by atoms with Gasteiger partial charge in [-0.3, -0.25) is 4.79 Å². The molecule has 1 aromatic heterocycles. The number of carboxylic acids is 1. The highest BCUT2D eigenvalue weighted by atomic mass is 16.4. The fraction of sp³-hybridized carbons (Fsp3) is 0.375. The van der Waals surface area contributed by atoms with E-state index in [1.807, 2.05) is 0 Å². The third-order valence-electron chi connectivity index (χ3n) is 1.90. The monoisotopic (exact) mass is 197 g/mol. The molecular formula is C8H11N3O3. The number of carbonyl (C=O) groups excluding carboxylic acids is 1. The Hall–Kier alpha value is -1.85. The van der Waals surface area contributed by atoms with Crippen LogP contribution in [0, 0.1) is 0 Å². The lowest BCUT2D eigenvalue weighted by Gasteiger charge is -2.10. The molecule has 0 aliphatic heterocycles. The summed E-state index contributed by atoms with van der Waals surface area (Å²) >= 11 is 0. The smallest absolute Gasteiger partial charge is 0.326 e. The second-order valence-corrected chi connectivity index (χ2v) is 2.88. The first-order valence-electron chi connectivity index (χ1n) is 4.03. The second kappa shape index (κ2) is 4.40. The average Bonchev–Trinajstić information content (AvgIpc) is 2.51. The van der Waals surface area contributed by atoms with Gasteiger partial charge < -0.3 is 15.0 Å². The minimum Gasteiger partial charge on any atom is -0.480 e. The molecule has 1 heterocycles. The van der Waals surface area contributed by atoms with Gasteiger partial charge in [0.15, 0.2) is 0 Å². The first-order valence-corrected chi connectivity index (χ1v) is 4.03. The number of rotatable bonds is 5. The van der Waals surface area contributed by atoms with E-state index < -0.39 is 12.0 Å². The van der Waals surface area contributed by atoms with Crippen LogP contribution in [0.15, 0.2) is 12.5 Å². The maximum absolute atomic E-state index is 10.7. The van der Waals surface area contributed by atoms with Crippen LogP contribution in [0.5, 0.6) is 0 Å². The molecule has 0 unspecified atom stereocenters. The number of hydrogen-bond acceptors (Lipinski definition) is 3. The topological polar surface area (TPSA) is 84.2 Å². The summed E-state index contributed by atoms with van der Waals surface area (Å²) in [5, 5.41) is 11.0. The van der Waals surface area contributed by atoms with Crippen LogP contribution < -0.4 is 5.32 Å². The molecule has 0 bridgehead atoms. The SMILES string of the molecule is Cn1cncc1C[C@H](NC=O)C(=O)O. The van der Waals surface area contributed by atoms with E-state index in [0.717, 1.165) is 5.69 Å². The highest BCUT2D eigenvalue weighted by molar-refractivity contribution is 5.76. The molecule has 0 aliphatic carbocycles. The van der Waals surface area contributed by atoms with Gasteiger partial charge in [0.2, 0.25) is 6.41 Å². The molecule has 0 fully saturated rings. The number of carbonyl (C=O) groups is 2. The number of imidazole rings is 1. The van der Waals surface area contributed by atoms with Crippen LogP contribution in [-0.4, -0.2) is 33.1 Å². The molecular weight excluding hydrogens is 186 g/mol. The number of nitrogens with one attached hydrogen (secondary N) is 1. The van der Waals surface area contributed by atoms with Gasteiger partial charge >= 0.3 is 5.97 Å². The first kappa shape index (κ1) is 10.2. The summed E-state index contributed by atoms with van der Waals surface area (Å²) in [5.41, 5.74) is 0.756. The third-order valence-corrected chi connectivity index (χ3v) is 1.90. The minimum absolute atomic E-state index is 0.227. The Balaban J connectivity index is 2.69. The quantitative estimate of drug-likeness (QED) is 0.603. The first-order chi connectivity index (χ1) is 6.65. The van der Waals surface area contributed by atoms with Gasteiger partial charge in [0.05, 0.1) is 6.33 Å². The van der Waals surface area contributed by atoms with Crippen LogP contribution in [0.25, 0.3) is 0 Å². The van der Waals surface area contributed by atoms with Crippen molar-refractivity contribution in [3.05, 3.63) is 18.2 Å². The van der Waals surface area contributed by atoms with E-state index >= 15 is 0 Å². The number of aliphatic carboxylic acids is 1. The molecule has 6 heteroatoms. The van der Waals surface area contributed by atoms with Crippen molar-refractivity contribution >= 4 is 12.4 Å². The Morgan fingerprint density at radius 1 is 1.86 bits per heavy atom. The largest absolute Gasteiger partial charge is 0.480 e. The lowest BCUT2D eigenvalue weighted by molar-refractivity contribution is -0.140. The molecule has 0 spiro atoms.